The fourth-order valence-corrected chi connectivity index (χ4v) is 18.8. The van der Waals surface area contributed by atoms with Crippen molar-refractivity contribution in [3.63, 3.8) is 0 Å². The lowest BCUT2D eigenvalue weighted by atomic mass is 9.90. The van der Waals surface area contributed by atoms with Gasteiger partial charge < -0.3 is 28.2 Å². The molecule has 18 nitrogen and oxygen atoms in total. The van der Waals surface area contributed by atoms with E-state index in [2.05, 4.69) is 68.9 Å². The maximum atomic E-state index is 13.3. The summed E-state index contributed by atoms with van der Waals surface area (Å²) >= 11 is 23.3. The summed E-state index contributed by atoms with van der Waals surface area (Å²) < 4.78 is 66.9. The summed E-state index contributed by atoms with van der Waals surface area (Å²) in [6.07, 6.45) is 0.813. The number of carbonyl (C=O) groups excluding carboxylic acids is 3. The molecular formula is C91H88Cl3F3N12O6S3. The van der Waals surface area contributed by atoms with Gasteiger partial charge in [0.15, 0.2) is 28.3 Å². The minimum absolute atomic E-state index is 0.0326. The molecule has 0 bridgehead atoms. The van der Waals surface area contributed by atoms with Crippen molar-refractivity contribution in [3.05, 3.63) is 218 Å². The molecule has 0 N–H and O–H groups in total. The van der Waals surface area contributed by atoms with Crippen molar-refractivity contribution in [2.45, 2.75) is 165 Å². The van der Waals surface area contributed by atoms with Crippen LogP contribution in [0, 0.1) is 27.7 Å². The van der Waals surface area contributed by atoms with Crippen molar-refractivity contribution < 1.29 is 41.8 Å². The van der Waals surface area contributed by atoms with Crippen LogP contribution in [0.2, 0.25) is 15.1 Å². The number of aromatic nitrogens is 11. The molecule has 0 saturated heterocycles. The van der Waals surface area contributed by atoms with Gasteiger partial charge in [0.2, 0.25) is 5.82 Å². The molecule has 27 heteroatoms. The van der Waals surface area contributed by atoms with Crippen molar-refractivity contribution >= 4 is 144 Å². The Kier molecular flexibility index (Phi) is 23.6. The average Bonchev–Trinajstić information content (AvgIpc) is 1.50. The standard InChI is InChI=1S/C34H31ClN4O2S.C30H30ClN3O2S.C27H27ClF3N5O2S/c1-19-14-27-31(29(21-9-11-24(35)12-10-21)28(19)30(20(2)40)41-34(3,4)5)42-33(38-27)23-15-25-26(22-8-7-13-36-16-22)18-39(6)32(25)37-17-23;1-16-14-23-28(37-29(32-23)20-10-13-24-22(15-20)17(2)33-34(24)7)26(19-8-11-21(31)12-9-19)25(16)27(18(3)35)36-30(4,5)6;1-14-12-18-23(39-25(32-18)35-10-11-36-19(13-35)33-34-24(36)27(29,30)31)21(16-6-8-17(28)9-7-16)20(14)22(15(2)37)38-26(3,4)5/h7-18,30H,1-6H3;8-15,27H,1-7H3;6-9,12,22H,10-11,13H2,1-5H3/t30-;27-;22-/m111/s1. The summed E-state index contributed by atoms with van der Waals surface area (Å²) in [7, 11) is 3.96. The van der Waals surface area contributed by atoms with E-state index in [1.165, 1.54) is 18.3 Å². The zero-order valence-corrected chi connectivity index (χ0v) is 73.3. The third-order valence-electron chi connectivity index (χ3n) is 20.1. The number of halogens is 6. The first-order valence-electron chi connectivity index (χ1n) is 38.3. The Labute approximate surface area is 709 Å². The van der Waals surface area contributed by atoms with Gasteiger partial charge in [0.05, 0.1) is 65.2 Å². The van der Waals surface area contributed by atoms with Crippen LogP contribution in [-0.4, -0.2) is 94.7 Å². The number of ether oxygens (including phenoxy) is 3. The first-order chi connectivity index (χ1) is 55.6. The van der Waals surface area contributed by atoms with Gasteiger partial charge in [0.1, 0.15) is 34.0 Å². The van der Waals surface area contributed by atoms with E-state index in [0.717, 1.165) is 162 Å². The molecule has 1 aliphatic rings. The maximum Gasteiger partial charge on any atom is 0.451 e. The molecule has 7 aromatic carbocycles. The molecule has 0 radical (unpaired) electrons. The Morgan fingerprint density at radius 1 is 0.508 bits per heavy atom. The second-order valence-electron chi connectivity index (χ2n) is 32.7. The summed E-state index contributed by atoms with van der Waals surface area (Å²) in [5, 5.41) is 18.2. The van der Waals surface area contributed by atoms with Gasteiger partial charge in [0, 0.05) is 133 Å². The number of alkyl halides is 3. The Bertz CT molecular complexity index is 6390. The van der Waals surface area contributed by atoms with Gasteiger partial charge in [-0.25, -0.2) is 19.9 Å². The fraction of sp³-hybridized carbons (Fsp3) is 0.308. The van der Waals surface area contributed by atoms with Crippen LogP contribution in [0.3, 0.4) is 0 Å². The van der Waals surface area contributed by atoms with Gasteiger partial charge in [0.25, 0.3) is 0 Å². The number of benzene rings is 7. The highest BCUT2D eigenvalue weighted by Crippen LogP contribution is 2.50. The zero-order valence-electron chi connectivity index (χ0n) is 68.6. The number of fused-ring (bicyclic) bond motifs is 6. The first kappa shape index (κ1) is 84.5. The van der Waals surface area contributed by atoms with Crippen LogP contribution in [-0.2, 0) is 62.0 Å². The molecular weight excluding hydrogens is 1620 g/mol. The summed E-state index contributed by atoms with van der Waals surface area (Å²) in [5.41, 5.74) is 18.7. The third-order valence-corrected chi connectivity index (χ3v) is 24.3. The topological polar surface area (TPSA) is 200 Å². The van der Waals surface area contributed by atoms with E-state index in [1.807, 2.05) is 203 Å². The van der Waals surface area contributed by atoms with Gasteiger partial charge >= 0.3 is 6.18 Å². The number of rotatable bonds is 16. The minimum atomic E-state index is -4.56. The molecule has 9 heterocycles. The molecule has 0 spiro atoms. The lowest BCUT2D eigenvalue weighted by molar-refractivity contribution is -0.147. The molecule has 15 aromatic rings. The maximum absolute atomic E-state index is 13.3. The summed E-state index contributed by atoms with van der Waals surface area (Å²) in [6.45, 7) is 30.8. The molecule has 0 amide bonds. The lowest BCUT2D eigenvalue weighted by Gasteiger charge is -2.29. The largest absolute Gasteiger partial charge is 0.451 e. The number of ketones is 3. The molecule has 1 aliphatic heterocycles. The number of anilines is 1. The Morgan fingerprint density at radius 2 is 0.949 bits per heavy atom. The number of pyridine rings is 2. The lowest BCUT2D eigenvalue weighted by Crippen LogP contribution is -2.35. The van der Waals surface area contributed by atoms with Gasteiger partial charge in [-0.1, -0.05) is 88.6 Å². The molecule has 118 heavy (non-hydrogen) atoms. The van der Waals surface area contributed by atoms with Crippen LogP contribution < -0.4 is 4.90 Å². The molecule has 608 valence electrons. The predicted octanol–water partition coefficient (Wildman–Crippen LogP) is 24.2. The number of thiazole rings is 3. The molecule has 3 atom stereocenters. The number of carbonyl (C=O) groups is 3. The molecule has 16 rings (SSSR count). The average molecular weight is 1710 g/mol. The van der Waals surface area contributed by atoms with E-state index in [9.17, 15) is 27.6 Å². The molecule has 0 unspecified atom stereocenters. The van der Waals surface area contributed by atoms with Crippen LogP contribution in [0.1, 0.15) is 152 Å². The van der Waals surface area contributed by atoms with Crippen LogP contribution >= 0.6 is 68.8 Å². The van der Waals surface area contributed by atoms with Gasteiger partial charge in [-0.3, -0.25) is 24.0 Å². The number of hydrogen-bond acceptors (Lipinski definition) is 18. The van der Waals surface area contributed by atoms with Crippen molar-refractivity contribution in [2.24, 2.45) is 14.1 Å². The van der Waals surface area contributed by atoms with Crippen molar-refractivity contribution in [1.29, 1.82) is 0 Å². The molecule has 0 aliphatic carbocycles. The Balaban J connectivity index is 0.000000146. The van der Waals surface area contributed by atoms with Gasteiger partial charge in [-0.15, -0.1) is 32.9 Å². The van der Waals surface area contributed by atoms with Crippen LogP contribution in [0.5, 0.6) is 0 Å². The highest BCUT2D eigenvalue weighted by Gasteiger charge is 2.41. The van der Waals surface area contributed by atoms with Crippen molar-refractivity contribution in [1.82, 2.24) is 54.0 Å². The number of nitrogens with zero attached hydrogens (tertiary/aromatic N) is 12. The smallest absolute Gasteiger partial charge is 0.360 e. The first-order valence-corrected chi connectivity index (χ1v) is 41.9. The van der Waals surface area contributed by atoms with Crippen LogP contribution in [0.15, 0.2) is 152 Å². The highest BCUT2D eigenvalue weighted by molar-refractivity contribution is 7.23. The zero-order chi connectivity index (χ0) is 84.7. The van der Waals surface area contributed by atoms with E-state index in [1.54, 1.807) is 54.9 Å². The SMILES string of the molecule is CC(=O)[C@@H](OC(C)(C)C)c1c(C)cc2nc(-c3ccc4c(c3)c(C)nn4C)sc2c1-c1ccc(Cl)cc1.CC(=O)[C@@H](OC(C)(C)C)c1c(C)cc2nc(-c3cnc4c(c3)c(-c3cccnc3)cn4C)sc2c1-c1ccc(Cl)cc1.CC(=O)[C@@H](OC(C)(C)C)c1c(C)cc2nc(N3CCn4c(nnc4C(F)(F)F)C3)sc2c1-c1ccc(Cl)cc1. The Hall–Kier alpha value is -9.99. The van der Waals surface area contributed by atoms with E-state index < -0.39 is 47.1 Å². The monoisotopic (exact) mass is 1700 g/mol. The Morgan fingerprint density at radius 3 is 1.39 bits per heavy atom. The molecule has 8 aromatic heterocycles. The predicted molar refractivity (Wildman–Crippen MR) is 471 cm³/mol. The second-order valence-corrected chi connectivity index (χ2v) is 36.9. The number of aryl methyl sites for hydroxylation is 6. The van der Waals surface area contributed by atoms with E-state index in [-0.39, 0.29) is 36.3 Å². The number of Topliss-reactive ketones (excluding diaryl/α,β-unsaturated/α-hetero) is 3. The second kappa shape index (κ2) is 33.0. The third kappa shape index (κ3) is 17.7. The van der Waals surface area contributed by atoms with Crippen molar-refractivity contribution in [2.75, 3.05) is 11.4 Å². The summed E-state index contributed by atoms with van der Waals surface area (Å²) in [4.78, 5) is 65.0. The number of hydrogen-bond donors (Lipinski definition) is 0. The van der Waals surface area contributed by atoms with Crippen molar-refractivity contribution in [3.8, 4) is 65.6 Å². The van der Waals surface area contributed by atoms with E-state index >= 15 is 0 Å². The minimum Gasteiger partial charge on any atom is -0.360 e. The summed E-state index contributed by atoms with van der Waals surface area (Å²) in [6, 6.07) is 41.4. The van der Waals surface area contributed by atoms with Gasteiger partial charge in [-0.2, -0.15) is 18.3 Å². The quantitative estimate of drug-likeness (QED) is 0.0884. The van der Waals surface area contributed by atoms with E-state index in [4.69, 9.17) is 68.9 Å². The van der Waals surface area contributed by atoms with Crippen LogP contribution in [0.25, 0.3) is 118 Å². The summed E-state index contributed by atoms with van der Waals surface area (Å²) in [5.74, 6) is -0.953. The molecule has 0 fully saturated rings. The van der Waals surface area contributed by atoms with E-state index in [0.29, 0.717) is 26.7 Å². The van der Waals surface area contributed by atoms with Crippen LogP contribution in [0.4, 0.5) is 18.3 Å². The molecule has 0 saturated carbocycles. The highest BCUT2D eigenvalue weighted by atomic mass is 35.5. The fourth-order valence-electron chi connectivity index (χ4n) is 15.1. The normalized spacial score (nSPS) is 13.6. The van der Waals surface area contributed by atoms with Gasteiger partial charge in [-0.05, 0) is 229 Å².